The number of rotatable bonds is 0. The van der Waals surface area contributed by atoms with Crippen LogP contribution in [0.2, 0.25) is 0 Å². The average molecular weight is 231 g/mol. The van der Waals surface area contributed by atoms with E-state index >= 15 is 0 Å². The van der Waals surface area contributed by atoms with E-state index in [1.54, 1.807) is 0 Å². The van der Waals surface area contributed by atoms with Gasteiger partial charge in [-0.25, -0.2) is 0 Å². The van der Waals surface area contributed by atoms with Crippen LogP contribution in [0.25, 0.3) is 0 Å². The van der Waals surface area contributed by atoms with Crippen molar-refractivity contribution in [1.82, 2.24) is 0 Å². The van der Waals surface area contributed by atoms with E-state index in [-0.39, 0.29) is 94.6 Å². The Kier molecular flexibility index (Phi) is 122. The van der Waals surface area contributed by atoms with Crippen molar-refractivity contribution < 1.29 is 0 Å². The molecule has 0 saturated carbocycles. The molecule has 0 saturated heterocycles. The predicted molar refractivity (Wildman–Crippen MR) is 39.8 cm³/mol. The molecule has 0 amide bonds. The fourth-order valence-corrected chi connectivity index (χ4v) is 0. The molecule has 0 radical (unpaired) electrons. The van der Waals surface area contributed by atoms with Crippen molar-refractivity contribution in [2.45, 2.75) is 0 Å². The zero-order valence-corrected chi connectivity index (χ0v) is 0. The van der Waals surface area contributed by atoms with Crippen molar-refractivity contribution in [2.75, 3.05) is 0 Å². The maximum Gasteiger partial charge on any atom is -0.0149 e. The number of hydrogen-bond acceptors (Lipinski definition) is 0. The molecular formula is H12Al2BaSi. The molecule has 4 heavy (non-hydrogen) atoms. The molecule has 0 aliphatic carbocycles. The third kappa shape index (κ3) is 8.85. The minimum absolute atomic E-state index is 0. The molecule has 0 aromatic heterocycles. The first-order chi connectivity index (χ1) is 0. The summed E-state index contributed by atoms with van der Waals surface area (Å²) < 4.78 is 0. The van der Waals surface area contributed by atoms with Gasteiger partial charge < -0.3 is 0 Å². The Labute approximate surface area is 92.5 Å². The van der Waals surface area contributed by atoms with Crippen LogP contribution in [0, 0.1) is 0 Å². The maximum absolute atomic E-state index is 0. The van der Waals surface area contributed by atoms with Gasteiger partial charge in [-0.2, -0.15) is 0 Å². The van der Waals surface area contributed by atoms with Crippen LogP contribution in [-0.4, -0.2) is 94.6 Å². The van der Waals surface area contributed by atoms with Gasteiger partial charge in [0.15, 0.2) is 34.7 Å². The molecule has 0 spiro atoms. The molecule has 0 heterocycles. The van der Waals surface area contributed by atoms with E-state index in [0.29, 0.717) is 0 Å². The van der Waals surface area contributed by atoms with Crippen LogP contribution >= 0.6 is 0 Å². The summed E-state index contributed by atoms with van der Waals surface area (Å²) in [6, 6.07) is 0. The van der Waals surface area contributed by atoms with Gasteiger partial charge in [-0.3, -0.25) is 0 Å². The molecule has 0 rings (SSSR count). The van der Waals surface area contributed by atoms with E-state index in [0.717, 1.165) is 0 Å². The van der Waals surface area contributed by atoms with E-state index in [1.165, 1.54) is 0 Å². The van der Waals surface area contributed by atoms with Crippen LogP contribution in [0.1, 0.15) is 0 Å². The maximum atomic E-state index is 0. The summed E-state index contributed by atoms with van der Waals surface area (Å²) in [7, 11) is 0. The quantitative estimate of drug-likeness (QED) is 0.368. The summed E-state index contributed by atoms with van der Waals surface area (Å²) in [5.74, 6) is 0. The number of hydrogen-bond donors (Lipinski definition) is 0. The van der Waals surface area contributed by atoms with E-state index in [4.69, 9.17) is 0 Å². The average Bonchev–Trinajstić information content (AvgIpc) is 0. The van der Waals surface area contributed by atoms with Gasteiger partial charge in [0, 0.05) is 0 Å². The van der Waals surface area contributed by atoms with Crippen molar-refractivity contribution in [3.05, 3.63) is 0 Å². The second kappa shape index (κ2) is 16.9. The second-order valence-electron chi connectivity index (χ2n) is 0. The van der Waals surface area contributed by atoms with Crippen LogP contribution in [0.5, 0.6) is 0 Å². The molecule has 0 nitrogen and oxygen atoms in total. The molecule has 24 valence electrons. The topological polar surface area (TPSA) is 0 Å². The van der Waals surface area contributed by atoms with Gasteiger partial charge in [-0.1, -0.05) is 0 Å². The molecule has 0 aliphatic rings. The van der Waals surface area contributed by atoms with Crippen LogP contribution in [0.15, 0.2) is 0 Å². The molecule has 0 atom stereocenters. The molecular weight excluding hydrogens is 219 g/mol. The smallest absolute Gasteiger partial charge is 0.0149 e. The van der Waals surface area contributed by atoms with Gasteiger partial charge in [0.2, 0.25) is 0 Å². The molecule has 0 bridgehead atoms. The summed E-state index contributed by atoms with van der Waals surface area (Å²) in [4.78, 5) is 0. The first-order valence-corrected chi connectivity index (χ1v) is 0. The standard InChI is InChI=1S/2Al.Ba.H4Si.8H/h;;;1H4;;;;;;;;. The summed E-state index contributed by atoms with van der Waals surface area (Å²) in [6.07, 6.45) is 0. The Hall–Kier alpha value is 2.85. The molecule has 0 aromatic carbocycles. The van der Waals surface area contributed by atoms with Crippen LogP contribution < -0.4 is 0 Å². The Morgan fingerprint density at radius 2 is 0.750 bits per heavy atom. The van der Waals surface area contributed by atoms with Gasteiger partial charge in [-0.15, -0.1) is 0 Å². The summed E-state index contributed by atoms with van der Waals surface area (Å²) in [6.45, 7) is 0. The minimum Gasteiger partial charge on any atom is -0.0149 e. The van der Waals surface area contributed by atoms with Gasteiger partial charge >= 0.3 is 48.9 Å². The predicted octanol–water partition coefficient (Wildman–Crippen LogP) is -4.74. The van der Waals surface area contributed by atoms with Crippen molar-refractivity contribution in [3.63, 3.8) is 0 Å². The van der Waals surface area contributed by atoms with Crippen LogP contribution in [0.4, 0.5) is 0 Å². The SMILES string of the molecule is [AlH3].[AlH3].[BaH2].[SiH4]. The van der Waals surface area contributed by atoms with Crippen molar-refractivity contribution in [1.29, 1.82) is 0 Å². The van der Waals surface area contributed by atoms with Gasteiger partial charge in [0.25, 0.3) is 0 Å². The second-order valence-corrected chi connectivity index (χ2v) is 0. The monoisotopic (exact) mass is 232 g/mol. The van der Waals surface area contributed by atoms with Crippen molar-refractivity contribution in [2.24, 2.45) is 0 Å². The fourth-order valence-electron chi connectivity index (χ4n) is 0. The Morgan fingerprint density at radius 1 is 0.750 bits per heavy atom. The van der Waals surface area contributed by atoms with Gasteiger partial charge in [0.1, 0.15) is 0 Å². The zero-order valence-electron chi connectivity index (χ0n) is 0. The Bertz CT molecular complexity index is 6.00. The first-order valence-electron chi connectivity index (χ1n) is 0. The van der Waals surface area contributed by atoms with Crippen molar-refractivity contribution >= 4 is 94.6 Å². The Balaban J connectivity index is 0. The molecule has 0 N–H and O–H groups in total. The van der Waals surface area contributed by atoms with Crippen LogP contribution in [0.3, 0.4) is 0 Å². The van der Waals surface area contributed by atoms with E-state index in [9.17, 15) is 0 Å². The van der Waals surface area contributed by atoms with Crippen molar-refractivity contribution in [3.8, 4) is 0 Å². The minimum atomic E-state index is 0. The van der Waals surface area contributed by atoms with Gasteiger partial charge in [0.05, 0.1) is 0 Å². The third-order valence-electron chi connectivity index (χ3n) is 0. The van der Waals surface area contributed by atoms with E-state index in [2.05, 4.69) is 0 Å². The van der Waals surface area contributed by atoms with Crippen LogP contribution in [-0.2, 0) is 0 Å². The van der Waals surface area contributed by atoms with Gasteiger partial charge in [-0.05, 0) is 11.0 Å². The summed E-state index contributed by atoms with van der Waals surface area (Å²) in [5.41, 5.74) is 0. The molecule has 0 aromatic rings. The summed E-state index contributed by atoms with van der Waals surface area (Å²) in [5, 5.41) is 0. The fraction of sp³-hybridized carbons (Fsp3) is 0. The summed E-state index contributed by atoms with van der Waals surface area (Å²) >= 11 is 0. The normalized spacial score (nSPS) is 0. The largest absolute Gasteiger partial charge is 0.0149 e. The van der Waals surface area contributed by atoms with E-state index < -0.39 is 0 Å². The zero-order chi connectivity index (χ0) is 0. The molecule has 0 aliphatic heterocycles. The Morgan fingerprint density at radius 3 is 0.750 bits per heavy atom. The molecule has 0 fully saturated rings. The first kappa shape index (κ1) is 28.8. The third-order valence-corrected chi connectivity index (χ3v) is 0. The molecule has 4 heteroatoms. The van der Waals surface area contributed by atoms with E-state index in [1.807, 2.05) is 0 Å². The molecule has 0 unspecified atom stereocenters.